The van der Waals surface area contributed by atoms with E-state index in [9.17, 15) is 4.79 Å². The number of hydrogen-bond acceptors (Lipinski definition) is 3. The summed E-state index contributed by atoms with van der Waals surface area (Å²) in [6.07, 6.45) is 2.63. The first-order chi connectivity index (χ1) is 9.25. The number of carbonyl (C=O) groups is 1. The highest BCUT2D eigenvalue weighted by Crippen LogP contribution is 2.25. The predicted octanol–water partition coefficient (Wildman–Crippen LogP) is 1.21. The van der Waals surface area contributed by atoms with Crippen LogP contribution in [0.15, 0.2) is 30.3 Å². The molecule has 1 atom stereocenters. The molecule has 1 aromatic carbocycles. The van der Waals surface area contributed by atoms with Gasteiger partial charge in [-0.2, -0.15) is 0 Å². The number of amides is 1. The zero-order valence-corrected chi connectivity index (χ0v) is 11.4. The van der Waals surface area contributed by atoms with Gasteiger partial charge in [0.2, 0.25) is 5.91 Å². The van der Waals surface area contributed by atoms with E-state index in [4.69, 9.17) is 0 Å². The third-order valence-corrected chi connectivity index (χ3v) is 4.07. The predicted molar refractivity (Wildman–Crippen MR) is 74.6 cm³/mol. The molecule has 4 nitrogen and oxygen atoms in total. The van der Waals surface area contributed by atoms with E-state index in [1.165, 1.54) is 12.8 Å². The van der Waals surface area contributed by atoms with Crippen LogP contribution in [0.2, 0.25) is 0 Å². The number of rotatable bonds is 5. The number of benzene rings is 1. The third-order valence-electron chi connectivity index (χ3n) is 4.07. The molecule has 102 valence electrons. The van der Waals surface area contributed by atoms with Crippen molar-refractivity contribution >= 4 is 5.91 Å². The lowest BCUT2D eigenvalue weighted by Gasteiger charge is -2.21. The van der Waals surface area contributed by atoms with Gasteiger partial charge in [0.15, 0.2) is 0 Å². The Hall–Kier alpha value is -1.39. The largest absolute Gasteiger partial charge is 0.327 e. The fraction of sp³-hybridized carbons (Fsp3) is 0.533. The lowest BCUT2D eigenvalue weighted by Crippen LogP contribution is -2.35. The lowest BCUT2D eigenvalue weighted by molar-refractivity contribution is -0.129. The molecule has 0 bridgehead atoms. The van der Waals surface area contributed by atoms with Crippen molar-refractivity contribution in [1.82, 2.24) is 15.1 Å². The summed E-state index contributed by atoms with van der Waals surface area (Å²) in [7, 11) is 2.15. The van der Waals surface area contributed by atoms with Gasteiger partial charge in [-0.3, -0.25) is 10.1 Å². The second-order valence-electron chi connectivity index (χ2n) is 5.52. The number of carbonyl (C=O) groups excluding carboxylic acids is 1. The number of nitrogens with one attached hydrogen (secondary N) is 1. The topological polar surface area (TPSA) is 35.6 Å². The summed E-state index contributed by atoms with van der Waals surface area (Å²) in [5.74, 6) is 0.204. The molecule has 19 heavy (non-hydrogen) atoms. The molecule has 0 aromatic heterocycles. The molecule has 1 heterocycles. The van der Waals surface area contributed by atoms with E-state index in [-0.39, 0.29) is 11.9 Å². The minimum atomic E-state index is -0.160. The molecular weight excluding hydrogens is 238 g/mol. The van der Waals surface area contributed by atoms with E-state index in [1.807, 2.05) is 35.2 Å². The molecular formula is C15H21N3O. The van der Waals surface area contributed by atoms with E-state index < -0.39 is 0 Å². The van der Waals surface area contributed by atoms with Gasteiger partial charge < -0.3 is 9.80 Å². The molecule has 0 spiro atoms. The Bertz CT molecular complexity index is 444. The van der Waals surface area contributed by atoms with Crippen molar-refractivity contribution in [2.75, 3.05) is 26.8 Å². The van der Waals surface area contributed by atoms with Gasteiger partial charge in [-0.15, -0.1) is 0 Å². The Morgan fingerprint density at radius 1 is 1.32 bits per heavy atom. The summed E-state index contributed by atoms with van der Waals surface area (Å²) in [5.41, 5.74) is 1.06. The van der Waals surface area contributed by atoms with Crippen molar-refractivity contribution < 1.29 is 4.79 Å². The van der Waals surface area contributed by atoms with Crippen molar-refractivity contribution in [2.45, 2.75) is 24.9 Å². The van der Waals surface area contributed by atoms with Crippen LogP contribution in [-0.4, -0.2) is 48.6 Å². The van der Waals surface area contributed by atoms with Gasteiger partial charge in [0.1, 0.15) is 6.04 Å². The fourth-order valence-electron chi connectivity index (χ4n) is 2.62. The first kappa shape index (κ1) is 12.6. The van der Waals surface area contributed by atoms with Crippen LogP contribution in [0, 0.1) is 0 Å². The molecule has 2 aliphatic rings. The smallest absolute Gasteiger partial charge is 0.245 e. The Morgan fingerprint density at radius 3 is 2.74 bits per heavy atom. The van der Waals surface area contributed by atoms with E-state index in [1.54, 1.807) is 0 Å². The van der Waals surface area contributed by atoms with Crippen LogP contribution < -0.4 is 5.32 Å². The molecule has 1 saturated heterocycles. The van der Waals surface area contributed by atoms with Gasteiger partial charge in [-0.05, 0) is 25.5 Å². The van der Waals surface area contributed by atoms with Gasteiger partial charge in [-0.25, -0.2) is 0 Å². The summed E-state index contributed by atoms with van der Waals surface area (Å²) in [6.45, 7) is 2.46. The maximum Gasteiger partial charge on any atom is 0.245 e. The van der Waals surface area contributed by atoms with E-state index in [0.29, 0.717) is 6.67 Å². The zero-order valence-electron chi connectivity index (χ0n) is 11.4. The van der Waals surface area contributed by atoms with Crippen molar-refractivity contribution in [3.63, 3.8) is 0 Å². The average Bonchev–Trinajstić information content (AvgIpc) is 3.22. The van der Waals surface area contributed by atoms with Crippen molar-refractivity contribution in [3.05, 3.63) is 35.9 Å². The first-order valence-corrected chi connectivity index (χ1v) is 7.03. The maximum absolute atomic E-state index is 12.3. The van der Waals surface area contributed by atoms with Gasteiger partial charge in [0.25, 0.3) is 0 Å². The second kappa shape index (κ2) is 5.31. The van der Waals surface area contributed by atoms with Gasteiger partial charge in [0.05, 0.1) is 6.67 Å². The summed E-state index contributed by atoms with van der Waals surface area (Å²) >= 11 is 0. The van der Waals surface area contributed by atoms with Crippen LogP contribution in [0.5, 0.6) is 0 Å². The van der Waals surface area contributed by atoms with Gasteiger partial charge in [0, 0.05) is 19.1 Å². The highest BCUT2D eigenvalue weighted by atomic mass is 16.2. The van der Waals surface area contributed by atoms with Gasteiger partial charge >= 0.3 is 0 Å². The van der Waals surface area contributed by atoms with Crippen LogP contribution in [0.3, 0.4) is 0 Å². The summed E-state index contributed by atoms with van der Waals surface area (Å²) in [4.78, 5) is 16.6. The number of hydrogen-bond donors (Lipinski definition) is 1. The normalized spacial score (nSPS) is 23.4. The molecule has 0 radical (unpaired) electrons. The molecule has 4 heteroatoms. The number of likely N-dealkylation sites (N-methyl/N-ethyl adjacent to an activating group) is 1. The van der Waals surface area contributed by atoms with Crippen LogP contribution in [0.4, 0.5) is 0 Å². The molecule has 1 saturated carbocycles. The standard InChI is InChI=1S/C15H21N3O/c1-17(13-7-8-13)9-10-18-11-16-14(15(18)19)12-5-3-2-4-6-12/h2-6,13-14,16H,7-11H2,1H3. The summed E-state index contributed by atoms with van der Waals surface area (Å²) < 4.78 is 0. The highest BCUT2D eigenvalue weighted by molar-refractivity contribution is 5.85. The molecule has 1 aliphatic heterocycles. The Kier molecular flexibility index (Phi) is 3.53. The minimum Gasteiger partial charge on any atom is -0.327 e. The number of nitrogens with zero attached hydrogens (tertiary/aromatic N) is 2. The minimum absolute atomic E-state index is 0.160. The van der Waals surface area contributed by atoms with Crippen LogP contribution in [0.25, 0.3) is 0 Å². The van der Waals surface area contributed by atoms with E-state index >= 15 is 0 Å². The van der Waals surface area contributed by atoms with Crippen LogP contribution in [0.1, 0.15) is 24.4 Å². The lowest BCUT2D eigenvalue weighted by atomic mass is 10.1. The average molecular weight is 259 g/mol. The molecule has 3 rings (SSSR count). The molecule has 2 fully saturated rings. The monoisotopic (exact) mass is 259 g/mol. The first-order valence-electron chi connectivity index (χ1n) is 7.03. The quantitative estimate of drug-likeness (QED) is 0.863. The fourth-order valence-corrected chi connectivity index (χ4v) is 2.62. The van der Waals surface area contributed by atoms with Crippen LogP contribution >= 0.6 is 0 Å². The third kappa shape index (κ3) is 2.80. The van der Waals surface area contributed by atoms with Crippen molar-refractivity contribution in [2.24, 2.45) is 0 Å². The molecule has 1 unspecified atom stereocenters. The molecule has 1 aliphatic carbocycles. The van der Waals surface area contributed by atoms with E-state index in [0.717, 1.165) is 24.7 Å². The Balaban J connectivity index is 1.56. The summed E-state index contributed by atoms with van der Waals surface area (Å²) in [5, 5.41) is 3.30. The Labute approximate surface area is 114 Å². The van der Waals surface area contributed by atoms with Gasteiger partial charge in [-0.1, -0.05) is 30.3 Å². The van der Waals surface area contributed by atoms with E-state index in [2.05, 4.69) is 17.3 Å². The molecule has 1 amide bonds. The van der Waals surface area contributed by atoms with Crippen molar-refractivity contribution in [3.8, 4) is 0 Å². The van der Waals surface area contributed by atoms with Crippen molar-refractivity contribution in [1.29, 1.82) is 0 Å². The maximum atomic E-state index is 12.3. The SMILES string of the molecule is CN(CCN1CNC(c2ccccc2)C1=O)C1CC1. The Morgan fingerprint density at radius 2 is 2.05 bits per heavy atom. The highest BCUT2D eigenvalue weighted by Gasteiger charge is 2.33. The zero-order chi connectivity index (χ0) is 13.2. The van der Waals surface area contributed by atoms with Crippen LogP contribution in [-0.2, 0) is 4.79 Å². The molecule has 1 aromatic rings. The second-order valence-corrected chi connectivity index (χ2v) is 5.52. The summed E-state index contributed by atoms with van der Waals surface area (Å²) in [6, 6.07) is 10.6. The molecule has 1 N–H and O–H groups in total.